The molecule has 0 unspecified atom stereocenters. The Balaban J connectivity index is -0.0000000150. The molecule has 0 heterocycles. The zero-order valence-corrected chi connectivity index (χ0v) is 11.6. The van der Waals surface area contributed by atoms with Crippen LogP contribution >= 0.6 is 0 Å². The first-order valence-electron chi connectivity index (χ1n) is 1.32. The monoisotopic (exact) mass is 299 g/mol. The predicted octanol–water partition coefficient (Wildman–Crippen LogP) is -5.40. The Morgan fingerprint density at radius 2 is 1.00 bits per heavy atom. The number of nitrogens with zero attached hydrogens (tertiary/aromatic N) is 3. The third-order valence-electron chi connectivity index (χ3n) is 0. The van der Waals surface area contributed by atoms with Crippen LogP contribution in [0.3, 0.4) is 0 Å². The van der Waals surface area contributed by atoms with Crippen molar-refractivity contribution in [3.05, 3.63) is 0 Å². The van der Waals surface area contributed by atoms with E-state index in [-0.39, 0.29) is 75.1 Å². The van der Waals surface area contributed by atoms with E-state index in [1.165, 1.54) is 0 Å². The average Bonchev–Trinajstić information content (AvgIpc) is 1.70. The van der Waals surface area contributed by atoms with Crippen molar-refractivity contribution >= 4 is 23.7 Å². The van der Waals surface area contributed by atoms with Crippen molar-refractivity contribution in [1.82, 2.24) is 0 Å². The molecule has 0 aliphatic heterocycles. The first-order chi connectivity index (χ1) is 4.24. The van der Waals surface area contributed by atoms with Crippen molar-refractivity contribution in [2.75, 3.05) is 0 Å². The Hall–Kier alpha value is 0.296. The fourth-order valence-corrected chi connectivity index (χ4v) is 0. The van der Waals surface area contributed by atoms with Gasteiger partial charge in [-0.3, -0.25) is 0 Å². The van der Waals surface area contributed by atoms with E-state index in [0.717, 1.165) is 12.5 Å². The van der Waals surface area contributed by atoms with Crippen molar-refractivity contribution in [2.45, 2.75) is 0 Å². The topological polar surface area (TPSA) is 135 Å². The third kappa shape index (κ3) is 8090. The summed E-state index contributed by atoms with van der Waals surface area (Å²) in [6, 6.07) is 0. The zero-order chi connectivity index (χ0) is 8.12. The van der Waals surface area contributed by atoms with E-state index in [4.69, 9.17) is 31.1 Å². The standard InChI is InChI=1S/3CHNO.K.H2Te/c3*2-1-3;;/h3*3H;;1H2/q;;;+1;/p-1. The molecule has 0 aromatic carbocycles. The number of rotatable bonds is 0. The molecule has 0 saturated heterocycles. The van der Waals surface area contributed by atoms with E-state index < -0.39 is 0 Å². The first-order valence-corrected chi connectivity index (χ1v) is 1.32. The van der Waals surface area contributed by atoms with Crippen LogP contribution in [0.5, 0.6) is 0 Å². The molecule has 8 heteroatoms. The van der Waals surface area contributed by atoms with Crippen LogP contribution in [0.25, 0.3) is 0 Å². The van der Waals surface area contributed by atoms with Crippen LogP contribution < -0.4 is 56.5 Å². The number of aliphatic hydroxyl groups is 2. The van der Waals surface area contributed by atoms with Gasteiger partial charge in [0.2, 0.25) is 0 Å². The van der Waals surface area contributed by atoms with Crippen molar-refractivity contribution in [1.29, 1.82) is 15.8 Å². The maximum absolute atomic E-state index is 8.24. The molecule has 0 fully saturated rings. The number of nitriles is 3. The van der Waals surface area contributed by atoms with E-state index in [9.17, 15) is 0 Å². The van der Waals surface area contributed by atoms with Crippen molar-refractivity contribution in [3.63, 3.8) is 0 Å². The van der Waals surface area contributed by atoms with Gasteiger partial charge in [0.15, 0.2) is 0 Å². The van der Waals surface area contributed by atoms with E-state index in [1.807, 2.05) is 0 Å². The molecule has 0 aliphatic carbocycles. The van der Waals surface area contributed by atoms with Gasteiger partial charge in [0.25, 0.3) is 12.5 Å². The summed E-state index contributed by atoms with van der Waals surface area (Å²) < 4.78 is 0. The molecule has 0 spiro atoms. The molecular formula is C3H4KN3O3Te. The van der Waals surface area contributed by atoms with E-state index in [2.05, 4.69) is 0 Å². The normalized spacial score (nSPS) is 1.91. The molecule has 56 valence electrons. The first kappa shape index (κ1) is 30.2. The Morgan fingerprint density at radius 3 is 1.00 bits per heavy atom. The SMILES string of the molecule is N#CO.N#CO.N#C[O-].[K+].[TeH2]. The fraction of sp³-hybridized carbons (Fsp3) is 0. The number of hydrogen-bond donors (Lipinski definition) is 2. The van der Waals surface area contributed by atoms with Gasteiger partial charge in [-0.2, -0.15) is 10.5 Å². The van der Waals surface area contributed by atoms with Crippen LogP contribution in [0.15, 0.2) is 0 Å². The second kappa shape index (κ2) is 81.9. The summed E-state index contributed by atoms with van der Waals surface area (Å²) in [4.78, 5) is 0. The summed E-state index contributed by atoms with van der Waals surface area (Å²) in [7, 11) is 0. The molecule has 0 radical (unpaired) electrons. The summed E-state index contributed by atoms with van der Waals surface area (Å²) >= 11 is 0. The molecule has 0 aromatic heterocycles. The summed E-state index contributed by atoms with van der Waals surface area (Å²) in [6.45, 7) is 0. The molecule has 0 bridgehead atoms. The molecule has 0 rings (SSSR count). The Bertz CT molecular complexity index is 117. The van der Waals surface area contributed by atoms with Crippen LogP contribution in [-0.2, 0) is 0 Å². The molecule has 0 aromatic rings. The van der Waals surface area contributed by atoms with Gasteiger partial charge >= 0.3 is 75.1 Å². The number of aliphatic hydroxyl groups excluding tert-OH is 2. The molecule has 11 heavy (non-hydrogen) atoms. The van der Waals surface area contributed by atoms with Gasteiger partial charge in [0.1, 0.15) is 0 Å². The molecule has 0 amide bonds. The van der Waals surface area contributed by atoms with Gasteiger partial charge in [-0.05, 0) is 0 Å². The molecule has 0 saturated carbocycles. The second-order valence-corrected chi connectivity index (χ2v) is 0.291. The predicted molar refractivity (Wildman–Crippen MR) is 29.3 cm³/mol. The van der Waals surface area contributed by atoms with Crippen molar-refractivity contribution in [3.8, 4) is 18.8 Å². The van der Waals surface area contributed by atoms with Gasteiger partial charge < -0.3 is 15.3 Å². The van der Waals surface area contributed by atoms with E-state index in [0.29, 0.717) is 6.26 Å². The van der Waals surface area contributed by atoms with Crippen molar-refractivity contribution < 1.29 is 66.7 Å². The van der Waals surface area contributed by atoms with Crippen LogP contribution in [0, 0.1) is 34.6 Å². The molecule has 2 N–H and O–H groups in total. The number of hydrogen-bond acceptors (Lipinski definition) is 6. The quantitative estimate of drug-likeness (QED) is 0.338. The Labute approximate surface area is 123 Å². The van der Waals surface area contributed by atoms with E-state index in [1.54, 1.807) is 0 Å². The summed E-state index contributed by atoms with van der Waals surface area (Å²) in [6.07, 6.45) is 2.00. The third-order valence-corrected chi connectivity index (χ3v) is 0. The zero-order valence-electron chi connectivity index (χ0n) is 5.64. The Kier molecular flexibility index (Phi) is 225. The molecular weight excluding hydrogens is 293 g/mol. The van der Waals surface area contributed by atoms with Gasteiger partial charge in [0, 0.05) is 6.26 Å². The minimum atomic E-state index is 0. The van der Waals surface area contributed by atoms with Gasteiger partial charge in [-0.25, -0.2) is 5.26 Å². The van der Waals surface area contributed by atoms with Gasteiger partial charge in [-0.15, -0.1) is 0 Å². The second-order valence-electron chi connectivity index (χ2n) is 0.291. The van der Waals surface area contributed by atoms with Gasteiger partial charge in [-0.1, -0.05) is 0 Å². The fourth-order valence-electron chi connectivity index (χ4n) is 0. The summed E-state index contributed by atoms with van der Waals surface area (Å²) in [5.74, 6) is 0. The van der Waals surface area contributed by atoms with Crippen LogP contribution in [0.4, 0.5) is 0 Å². The van der Waals surface area contributed by atoms with Crippen LogP contribution in [0.2, 0.25) is 0 Å². The Morgan fingerprint density at radius 1 is 1.00 bits per heavy atom. The maximum atomic E-state index is 8.24. The van der Waals surface area contributed by atoms with Crippen LogP contribution in [0.1, 0.15) is 0 Å². The van der Waals surface area contributed by atoms with E-state index >= 15 is 0 Å². The minimum absolute atomic E-state index is 0. The molecule has 6 nitrogen and oxygen atoms in total. The molecule has 0 atom stereocenters. The molecule has 0 aliphatic rings. The average molecular weight is 297 g/mol. The summed E-state index contributed by atoms with van der Waals surface area (Å²) in [5, 5.41) is 42.5. The summed E-state index contributed by atoms with van der Waals surface area (Å²) in [5.41, 5.74) is 0. The van der Waals surface area contributed by atoms with Crippen molar-refractivity contribution in [2.24, 2.45) is 0 Å². The van der Waals surface area contributed by atoms with Gasteiger partial charge in [0.05, 0.1) is 0 Å². The van der Waals surface area contributed by atoms with Crippen LogP contribution in [-0.4, -0.2) is 33.9 Å².